The highest BCUT2D eigenvalue weighted by Gasteiger charge is 2.17. The molecule has 0 spiro atoms. The SMILES string of the molecule is NC(=O)c1ccc(C(=O)N(S(=O)[O-])S(=O)[O-])cc1. The Kier molecular flexibility index (Phi) is 4.67. The minimum absolute atomic E-state index is 0.101. The zero-order valence-electron chi connectivity index (χ0n) is 8.60. The molecule has 0 aliphatic carbocycles. The maximum Gasteiger partial charge on any atom is 0.276 e. The summed E-state index contributed by atoms with van der Waals surface area (Å²) in [7, 11) is 0. The van der Waals surface area contributed by atoms with Crippen molar-refractivity contribution in [3.05, 3.63) is 35.4 Å². The molecule has 0 saturated carbocycles. The summed E-state index contributed by atoms with van der Waals surface area (Å²) in [4.78, 5) is 22.3. The first-order chi connectivity index (χ1) is 8.34. The van der Waals surface area contributed by atoms with Gasteiger partial charge in [0.1, 0.15) is 0 Å². The van der Waals surface area contributed by atoms with E-state index in [2.05, 4.69) is 0 Å². The molecule has 0 bridgehead atoms. The Labute approximate surface area is 107 Å². The number of nitrogens with zero attached hydrogens (tertiary/aromatic N) is 1. The minimum atomic E-state index is -3.25. The van der Waals surface area contributed by atoms with Crippen LogP contribution in [0.3, 0.4) is 0 Å². The van der Waals surface area contributed by atoms with Gasteiger partial charge in [-0.3, -0.25) is 18.0 Å². The highest BCUT2D eigenvalue weighted by atomic mass is 32.3. The van der Waals surface area contributed by atoms with Crippen molar-refractivity contribution in [1.82, 2.24) is 3.71 Å². The number of hydrogen-bond acceptors (Lipinski definition) is 6. The van der Waals surface area contributed by atoms with Crippen LogP contribution in [0, 0.1) is 0 Å². The molecule has 0 radical (unpaired) electrons. The Bertz CT molecular complexity index is 515. The van der Waals surface area contributed by atoms with Crippen molar-refractivity contribution in [3.63, 3.8) is 0 Å². The van der Waals surface area contributed by atoms with E-state index < -0.39 is 34.3 Å². The number of carbonyl (C=O) groups is 2. The molecular formula is C8H6N2O6S2-2. The summed E-state index contributed by atoms with van der Waals surface area (Å²) in [6, 6.07) is 4.54. The molecule has 2 atom stereocenters. The van der Waals surface area contributed by atoms with Gasteiger partial charge in [0.25, 0.3) is 5.91 Å². The molecule has 0 heterocycles. The van der Waals surface area contributed by atoms with Crippen molar-refractivity contribution in [1.29, 1.82) is 0 Å². The fourth-order valence-electron chi connectivity index (χ4n) is 1.07. The van der Waals surface area contributed by atoms with Crippen LogP contribution in [-0.4, -0.2) is 33.0 Å². The number of carbonyl (C=O) groups excluding carboxylic acids is 2. The van der Waals surface area contributed by atoms with Crippen molar-refractivity contribution < 1.29 is 27.1 Å². The summed E-state index contributed by atoms with van der Waals surface area (Å²) < 4.78 is 41.9. The van der Waals surface area contributed by atoms with Crippen molar-refractivity contribution in [2.45, 2.75) is 0 Å². The number of amides is 2. The average Bonchev–Trinajstić information content (AvgIpc) is 2.28. The van der Waals surface area contributed by atoms with E-state index in [1.54, 1.807) is 0 Å². The molecule has 1 rings (SSSR count). The second-order valence-electron chi connectivity index (χ2n) is 2.94. The van der Waals surface area contributed by atoms with E-state index in [4.69, 9.17) is 5.73 Å². The smallest absolute Gasteiger partial charge is 0.276 e. The number of hydrogen-bond donors (Lipinski definition) is 1. The van der Waals surface area contributed by atoms with Crippen LogP contribution in [0.2, 0.25) is 0 Å². The zero-order chi connectivity index (χ0) is 13.9. The van der Waals surface area contributed by atoms with Gasteiger partial charge < -0.3 is 14.8 Å². The quantitative estimate of drug-likeness (QED) is 0.691. The van der Waals surface area contributed by atoms with Crippen LogP contribution in [0.1, 0.15) is 20.7 Å². The van der Waals surface area contributed by atoms with E-state index in [0.717, 1.165) is 12.1 Å². The van der Waals surface area contributed by atoms with Gasteiger partial charge in [-0.25, -0.2) is 0 Å². The van der Waals surface area contributed by atoms with Crippen LogP contribution in [0.25, 0.3) is 0 Å². The maximum absolute atomic E-state index is 11.5. The molecule has 0 fully saturated rings. The van der Waals surface area contributed by atoms with E-state index in [1.165, 1.54) is 12.1 Å². The van der Waals surface area contributed by atoms with E-state index in [9.17, 15) is 27.1 Å². The number of rotatable bonds is 4. The lowest BCUT2D eigenvalue weighted by Crippen LogP contribution is -2.34. The molecule has 1 aromatic carbocycles. The van der Waals surface area contributed by atoms with Gasteiger partial charge in [-0.15, -0.1) is 0 Å². The fourth-order valence-corrected chi connectivity index (χ4v) is 1.95. The van der Waals surface area contributed by atoms with Crippen molar-refractivity contribution >= 4 is 34.3 Å². The molecule has 18 heavy (non-hydrogen) atoms. The third kappa shape index (κ3) is 3.20. The zero-order valence-corrected chi connectivity index (χ0v) is 10.2. The lowest BCUT2D eigenvalue weighted by Gasteiger charge is -2.25. The predicted molar refractivity (Wildman–Crippen MR) is 59.0 cm³/mol. The molecule has 2 unspecified atom stereocenters. The molecule has 2 amide bonds. The molecule has 1 aromatic rings. The van der Waals surface area contributed by atoms with Gasteiger partial charge in [0.15, 0.2) is 0 Å². The first-order valence-electron chi connectivity index (χ1n) is 4.27. The molecule has 0 aliphatic heterocycles. The summed E-state index contributed by atoms with van der Waals surface area (Å²) in [5.41, 5.74) is 4.85. The summed E-state index contributed by atoms with van der Waals surface area (Å²) in [5.74, 6) is -1.99. The summed E-state index contributed by atoms with van der Waals surface area (Å²) >= 11 is -6.50. The van der Waals surface area contributed by atoms with Crippen LogP contribution in [0.5, 0.6) is 0 Å². The molecule has 0 aromatic heterocycles. The molecule has 2 N–H and O–H groups in total. The van der Waals surface area contributed by atoms with Crippen LogP contribution < -0.4 is 5.73 Å². The summed E-state index contributed by atoms with van der Waals surface area (Å²) in [6.45, 7) is 0. The van der Waals surface area contributed by atoms with E-state index in [1.807, 2.05) is 0 Å². The third-order valence-electron chi connectivity index (χ3n) is 1.85. The number of benzene rings is 1. The van der Waals surface area contributed by atoms with Crippen LogP contribution >= 0.6 is 0 Å². The summed E-state index contributed by atoms with van der Waals surface area (Å²) in [5, 5.41) is 0. The molecule has 0 aliphatic rings. The van der Waals surface area contributed by atoms with Gasteiger partial charge in [0.05, 0.1) is 22.5 Å². The van der Waals surface area contributed by atoms with Gasteiger partial charge in [-0.05, 0) is 24.3 Å². The van der Waals surface area contributed by atoms with Gasteiger partial charge in [0, 0.05) is 11.1 Å². The summed E-state index contributed by atoms with van der Waals surface area (Å²) in [6.07, 6.45) is 0. The Morgan fingerprint density at radius 2 is 1.39 bits per heavy atom. The van der Waals surface area contributed by atoms with Crippen LogP contribution in [0.15, 0.2) is 24.3 Å². The van der Waals surface area contributed by atoms with E-state index in [0.29, 0.717) is 0 Å². The van der Waals surface area contributed by atoms with Crippen molar-refractivity contribution in [2.75, 3.05) is 0 Å². The highest BCUT2D eigenvalue weighted by Crippen LogP contribution is 2.10. The van der Waals surface area contributed by atoms with Crippen LogP contribution in [-0.2, 0) is 22.5 Å². The largest absolute Gasteiger partial charge is 0.754 e. The van der Waals surface area contributed by atoms with E-state index >= 15 is 0 Å². The normalized spacial score (nSPS) is 13.7. The molecule has 10 heteroatoms. The first-order valence-corrected chi connectivity index (χ1v) is 6.34. The Hall–Kier alpha value is -1.62. The topological polar surface area (TPSA) is 144 Å². The van der Waals surface area contributed by atoms with E-state index in [-0.39, 0.29) is 14.8 Å². The number of primary amides is 1. The molecule has 8 nitrogen and oxygen atoms in total. The van der Waals surface area contributed by atoms with Gasteiger partial charge in [0.2, 0.25) is 5.91 Å². The maximum atomic E-state index is 11.5. The number of nitrogens with two attached hydrogens (primary N) is 1. The third-order valence-corrected chi connectivity index (χ3v) is 3.46. The first kappa shape index (κ1) is 14.4. The van der Waals surface area contributed by atoms with Crippen molar-refractivity contribution in [2.24, 2.45) is 5.73 Å². The average molecular weight is 290 g/mol. The second kappa shape index (κ2) is 5.82. The van der Waals surface area contributed by atoms with Gasteiger partial charge in [-0.2, -0.15) is 3.71 Å². The lowest BCUT2D eigenvalue weighted by atomic mass is 10.1. The predicted octanol–water partition coefficient (Wildman–Crippen LogP) is -1.18. The minimum Gasteiger partial charge on any atom is -0.754 e. The highest BCUT2D eigenvalue weighted by molar-refractivity contribution is 7.93. The van der Waals surface area contributed by atoms with Gasteiger partial charge >= 0.3 is 0 Å². The lowest BCUT2D eigenvalue weighted by molar-refractivity contribution is 0.0916. The van der Waals surface area contributed by atoms with Crippen LogP contribution in [0.4, 0.5) is 0 Å². The van der Waals surface area contributed by atoms with Gasteiger partial charge in [-0.1, -0.05) is 0 Å². The molecule has 98 valence electrons. The standard InChI is InChI=1S/C8H8N2O6S2/c9-7(11)5-1-3-6(4-2-5)8(12)10(17(13)14)18(15)16/h1-4H,(H2,9,11)(H,13,14)(H,15,16)/p-2. The Morgan fingerprint density at radius 1 is 1.00 bits per heavy atom. The van der Waals surface area contributed by atoms with Crippen molar-refractivity contribution in [3.8, 4) is 0 Å². The molecular weight excluding hydrogens is 284 g/mol. The fraction of sp³-hybridized carbons (Fsp3) is 0. The monoisotopic (exact) mass is 290 g/mol. The molecule has 0 saturated heterocycles. The Morgan fingerprint density at radius 3 is 1.72 bits per heavy atom. The Balaban J connectivity index is 3.06. The second-order valence-corrected chi connectivity index (χ2v) is 4.77.